The van der Waals surface area contributed by atoms with E-state index in [1.807, 2.05) is 6.92 Å². The van der Waals surface area contributed by atoms with Crippen LogP contribution in [0.5, 0.6) is 0 Å². The summed E-state index contributed by atoms with van der Waals surface area (Å²) in [4.78, 5) is 24.7. The molecule has 0 aromatic heterocycles. The molecule has 17 heavy (non-hydrogen) atoms. The van der Waals surface area contributed by atoms with Crippen molar-refractivity contribution in [2.75, 3.05) is 13.1 Å². The van der Waals surface area contributed by atoms with Crippen molar-refractivity contribution in [1.29, 1.82) is 0 Å². The lowest BCUT2D eigenvalue weighted by atomic mass is 9.76. The molecule has 0 aromatic rings. The number of hydrogen-bond acceptors (Lipinski definition) is 3. The number of carbonyl (C=O) groups is 2. The van der Waals surface area contributed by atoms with E-state index in [1.54, 1.807) is 0 Å². The minimum absolute atomic E-state index is 0.00866. The summed E-state index contributed by atoms with van der Waals surface area (Å²) in [5.41, 5.74) is 11.2. The van der Waals surface area contributed by atoms with Crippen LogP contribution >= 0.6 is 0 Å². The van der Waals surface area contributed by atoms with Gasteiger partial charge < -0.3 is 16.4 Å². The van der Waals surface area contributed by atoms with E-state index in [9.17, 15) is 9.59 Å². The normalized spacial score (nSPS) is 28.8. The Morgan fingerprint density at radius 2 is 2.00 bits per heavy atom. The van der Waals surface area contributed by atoms with E-state index < -0.39 is 5.91 Å². The lowest BCUT2D eigenvalue weighted by molar-refractivity contribution is -0.141. The first kappa shape index (κ1) is 14.0. The zero-order valence-corrected chi connectivity index (χ0v) is 10.7. The Bertz CT molecular complexity index is 283. The van der Waals surface area contributed by atoms with E-state index in [1.165, 1.54) is 4.90 Å². The van der Waals surface area contributed by atoms with Crippen LogP contribution in [-0.2, 0) is 9.59 Å². The van der Waals surface area contributed by atoms with Gasteiger partial charge in [-0.2, -0.15) is 0 Å². The molecule has 1 aliphatic carbocycles. The van der Waals surface area contributed by atoms with Crippen molar-refractivity contribution < 1.29 is 9.59 Å². The van der Waals surface area contributed by atoms with E-state index in [0.717, 1.165) is 19.3 Å². The van der Waals surface area contributed by atoms with Crippen LogP contribution in [0.1, 0.15) is 33.1 Å². The number of amides is 2. The van der Waals surface area contributed by atoms with E-state index in [2.05, 4.69) is 6.92 Å². The quantitative estimate of drug-likeness (QED) is 0.730. The predicted molar refractivity (Wildman–Crippen MR) is 65.9 cm³/mol. The highest BCUT2D eigenvalue weighted by atomic mass is 16.2. The maximum absolute atomic E-state index is 12.3. The number of primary amides is 1. The van der Waals surface area contributed by atoms with Gasteiger partial charge in [0.25, 0.3) is 0 Å². The second kappa shape index (κ2) is 6.00. The molecule has 0 aliphatic heterocycles. The maximum Gasteiger partial charge on any atom is 0.237 e. The fourth-order valence-electron chi connectivity index (χ4n) is 2.63. The number of carbonyl (C=O) groups excluding carboxylic acids is 2. The number of hydrogen-bond donors (Lipinski definition) is 2. The Morgan fingerprint density at radius 3 is 2.47 bits per heavy atom. The monoisotopic (exact) mass is 241 g/mol. The molecule has 1 saturated carbocycles. The van der Waals surface area contributed by atoms with Gasteiger partial charge in [0.15, 0.2) is 0 Å². The lowest BCUT2D eigenvalue weighted by Gasteiger charge is -2.36. The van der Waals surface area contributed by atoms with Gasteiger partial charge in [0.2, 0.25) is 11.8 Å². The second-order valence-corrected chi connectivity index (χ2v) is 4.92. The van der Waals surface area contributed by atoms with Crippen molar-refractivity contribution in [2.24, 2.45) is 23.3 Å². The Balaban J connectivity index is 2.74. The van der Waals surface area contributed by atoms with Crippen LogP contribution in [-0.4, -0.2) is 35.8 Å². The van der Waals surface area contributed by atoms with E-state index in [4.69, 9.17) is 11.5 Å². The summed E-state index contributed by atoms with van der Waals surface area (Å²) >= 11 is 0. The third-order valence-electron chi connectivity index (χ3n) is 3.60. The smallest absolute Gasteiger partial charge is 0.237 e. The maximum atomic E-state index is 12.3. The number of likely N-dealkylation sites (N-methyl/N-ethyl adjacent to an activating group) is 1. The van der Waals surface area contributed by atoms with Crippen molar-refractivity contribution in [3.8, 4) is 0 Å². The summed E-state index contributed by atoms with van der Waals surface area (Å²) < 4.78 is 0. The van der Waals surface area contributed by atoms with Gasteiger partial charge in [0.1, 0.15) is 0 Å². The molecule has 0 radical (unpaired) electrons. The summed E-state index contributed by atoms with van der Waals surface area (Å²) in [5, 5.41) is 0. The van der Waals surface area contributed by atoms with E-state index in [-0.39, 0.29) is 30.3 Å². The summed E-state index contributed by atoms with van der Waals surface area (Å²) in [5.74, 6) is -0.375. The Morgan fingerprint density at radius 1 is 1.35 bits per heavy atom. The van der Waals surface area contributed by atoms with Gasteiger partial charge >= 0.3 is 0 Å². The molecule has 0 saturated heterocycles. The first-order valence-corrected chi connectivity index (χ1v) is 6.30. The van der Waals surface area contributed by atoms with Crippen LogP contribution < -0.4 is 11.5 Å². The van der Waals surface area contributed by atoms with Gasteiger partial charge in [-0.25, -0.2) is 0 Å². The lowest BCUT2D eigenvalue weighted by Crippen LogP contribution is -2.50. The number of rotatable bonds is 4. The molecule has 5 nitrogen and oxygen atoms in total. The minimum atomic E-state index is -0.475. The number of nitrogens with two attached hydrogens (primary N) is 2. The summed E-state index contributed by atoms with van der Waals surface area (Å²) in [6.07, 6.45) is 2.99. The zero-order valence-electron chi connectivity index (χ0n) is 10.7. The Labute approximate surface area is 103 Å². The zero-order chi connectivity index (χ0) is 13.0. The molecule has 1 aliphatic rings. The Kier molecular flexibility index (Phi) is 4.93. The third-order valence-corrected chi connectivity index (χ3v) is 3.60. The first-order chi connectivity index (χ1) is 7.97. The molecule has 2 amide bonds. The van der Waals surface area contributed by atoms with E-state index >= 15 is 0 Å². The summed E-state index contributed by atoms with van der Waals surface area (Å²) in [6, 6.07) is -0.0897. The van der Waals surface area contributed by atoms with Crippen molar-refractivity contribution in [3.63, 3.8) is 0 Å². The standard InChI is InChI=1S/C12H23N3O2/c1-3-15(7-10(14)16)12(17)11-8(2)5-4-6-9(11)13/h8-9,11H,3-7,13H2,1-2H3,(H2,14,16). The second-order valence-electron chi connectivity index (χ2n) is 4.92. The van der Waals surface area contributed by atoms with Gasteiger partial charge in [-0.1, -0.05) is 13.3 Å². The van der Waals surface area contributed by atoms with Gasteiger partial charge in [0, 0.05) is 12.6 Å². The van der Waals surface area contributed by atoms with Crippen LogP contribution in [0.25, 0.3) is 0 Å². The average molecular weight is 241 g/mol. The fourth-order valence-corrected chi connectivity index (χ4v) is 2.63. The largest absolute Gasteiger partial charge is 0.368 e. The highest BCUT2D eigenvalue weighted by Gasteiger charge is 2.36. The molecule has 0 heterocycles. The topological polar surface area (TPSA) is 89.4 Å². The molecule has 0 bridgehead atoms. The number of nitrogens with zero attached hydrogens (tertiary/aromatic N) is 1. The van der Waals surface area contributed by atoms with Gasteiger partial charge in [-0.05, 0) is 25.7 Å². The highest BCUT2D eigenvalue weighted by Crippen LogP contribution is 2.30. The van der Waals surface area contributed by atoms with Crippen molar-refractivity contribution in [2.45, 2.75) is 39.2 Å². The molecule has 1 fully saturated rings. The van der Waals surface area contributed by atoms with Crippen LogP contribution in [0.4, 0.5) is 0 Å². The van der Waals surface area contributed by atoms with Crippen molar-refractivity contribution >= 4 is 11.8 Å². The minimum Gasteiger partial charge on any atom is -0.368 e. The van der Waals surface area contributed by atoms with E-state index in [0.29, 0.717) is 6.54 Å². The van der Waals surface area contributed by atoms with Gasteiger partial charge in [-0.15, -0.1) is 0 Å². The highest BCUT2D eigenvalue weighted by molar-refractivity contribution is 5.85. The van der Waals surface area contributed by atoms with Crippen LogP contribution in [0, 0.1) is 11.8 Å². The van der Waals surface area contributed by atoms with Crippen molar-refractivity contribution in [1.82, 2.24) is 4.90 Å². The van der Waals surface area contributed by atoms with Gasteiger partial charge in [0.05, 0.1) is 12.5 Å². The molecule has 3 unspecified atom stereocenters. The third kappa shape index (κ3) is 3.43. The molecule has 0 spiro atoms. The van der Waals surface area contributed by atoms with Gasteiger partial charge in [-0.3, -0.25) is 9.59 Å². The molecular formula is C12H23N3O2. The summed E-state index contributed by atoms with van der Waals surface area (Å²) in [6.45, 7) is 4.39. The first-order valence-electron chi connectivity index (χ1n) is 6.30. The predicted octanol–water partition coefficient (Wildman–Crippen LogP) is 0.0837. The molecule has 5 heteroatoms. The Hall–Kier alpha value is -1.10. The molecule has 3 atom stereocenters. The molecule has 4 N–H and O–H groups in total. The fraction of sp³-hybridized carbons (Fsp3) is 0.833. The average Bonchev–Trinajstić information content (AvgIpc) is 2.25. The van der Waals surface area contributed by atoms with Crippen LogP contribution in [0.15, 0.2) is 0 Å². The molecule has 0 aromatic carbocycles. The molecular weight excluding hydrogens is 218 g/mol. The SMILES string of the molecule is CCN(CC(N)=O)C(=O)C1C(C)CCCC1N. The van der Waals surface area contributed by atoms with Crippen LogP contribution in [0.2, 0.25) is 0 Å². The van der Waals surface area contributed by atoms with Crippen LogP contribution in [0.3, 0.4) is 0 Å². The molecule has 98 valence electrons. The molecule has 1 rings (SSSR count). The van der Waals surface area contributed by atoms with Crippen molar-refractivity contribution in [3.05, 3.63) is 0 Å². The summed E-state index contributed by atoms with van der Waals surface area (Å²) in [7, 11) is 0.